The maximum atomic E-state index is 12.2. The first kappa shape index (κ1) is 13.7. The van der Waals surface area contributed by atoms with Crippen molar-refractivity contribution >= 4 is 11.5 Å². The highest BCUT2D eigenvalue weighted by Gasteiger charge is 2.15. The summed E-state index contributed by atoms with van der Waals surface area (Å²) in [6.07, 6.45) is 6.09. The van der Waals surface area contributed by atoms with Crippen LogP contribution in [0.4, 0.5) is 0 Å². The molecular weight excluding hydrogens is 284 g/mol. The fourth-order valence-electron chi connectivity index (χ4n) is 1.95. The summed E-state index contributed by atoms with van der Waals surface area (Å²) < 4.78 is 0. The van der Waals surface area contributed by atoms with Gasteiger partial charge in [-0.25, -0.2) is 4.98 Å². The van der Waals surface area contributed by atoms with Gasteiger partial charge in [-0.3, -0.25) is 20.0 Å². The van der Waals surface area contributed by atoms with Crippen molar-refractivity contribution in [2.45, 2.75) is 6.42 Å². The molecule has 3 rings (SSSR count). The van der Waals surface area contributed by atoms with E-state index in [1.54, 1.807) is 12.4 Å². The Bertz CT molecular complexity index is 792. The Morgan fingerprint density at radius 2 is 2.23 bits per heavy atom. The van der Waals surface area contributed by atoms with Crippen LogP contribution >= 0.6 is 0 Å². The second-order valence-corrected chi connectivity index (χ2v) is 4.48. The number of aromatic nitrogens is 6. The maximum absolute atomic E-state index is 12.2. The molecule has 3 aromatic heterocycles. The van der Waals surface area contributed by atoms with E-state index in [0.717, 1.165) is 11.8 Å². The lowest BCUT2D eigenvalue weighted by Crippen LogP contribution is -2.03. The molecule has 3 aromatic rings. The predicted octanol–water partition coefficient (Wildman–Crippen LogP) is 1.30. The monoisotopic (exact) mass is 296 g/mol. The summed E-state index contributed by atoms with van der Waals surface area (Å²) in [6, 6.07) is 5.56. The van der Waals surface area contributed by atoms with Gasteiger partial charge in [0.25, 0.3) is 0 Å². The summed E-state index contributed by atoms with van der Waals surface area (Å²) >= 11 is 0. The molecule has 0 fully saturated rings. The Balaban J connectivity index is 1.82. The largest absolute Gasteiger partial charge is 0.504 e. The first-order chi connectivity index (χ1) is 10.7. The van der Waals surface area contributed by atoms with Crippen molar-refractivity contribution in [3.05, 3.63) is 65.8 Å². The number of hydrogen-bond acceptors (Lipinski definition) is 6. The number of nitrogens with one attached hydrogen (secondary N) is 2. The van der Waals surface area contributed by atoms with Crippen molar-refractivity contribution in [3.8, 4) is 0 Å². The van der Waals surface area contributed by atoms with E-state index in [4.69, 9.17) is 0 Å². The van der Waals surface area contributed by atoms with Gasteiger partial charge in [-0.15, -0.1) is 0 Å². The molecule has 0 aliphatic carbocycles. The average Bonchev–Trinajstić information content (AvgIpc) is 3.19. The highest BCUT2D eigenvalue weighted by Crippen LogP contribution is 2.13. The maximum Gasteiger partial charge on any atom is 0.215 e. The topological polar surface area (TPSA) is 120 Å². The summed E-state index contributed by atoms with van der Waals surface area (Å²) in [7, 11) is 0. The molecule has 0 aromatic carbocycles. The number of aliphatic hydroxyl groups is 1. The molecule has 3 heterocycles. The van der Waals surface area contributed by atoms with E-state index in [2.05, 4.69) is 30.4 Å². The van der Waals surface area contributed by atoms with E-state index in [0.29, 0.717) is 17.7 Å². The third-order valence-electron chi connectivity index (χ3n) is 2.97. The van der Waals surface area contributed by atoms with Crippen LogP contribution < -0.4 is 0 Å². The van der Waals surface area contributed by atoms with Crippen molar-refractivity contribution in [3.63, 3.8) is 0 Å². The molecule has 0 unspecified atom stereocenters. The van der Waals surface area contributed by atoms with Crippen LogP contribution in [0.1, 0.15) is 27.6 Å². The molecule has 22 heavy (non-hydrogen) atoms. The van der Waals surface area contributed by atoms with Crippen LogP contribution in [0.2, 0.25) is 0 Å². The molecule has 0 spiro atoms. The fourth-order valence-corrected chi connectivity index (χ4v) is 1.95. The second-order valence-electron chi connectivity index (χ2n) is 4.48. The molecule has 3 N–H and O–H groups in total. The van der Waals surface area contributed by atoms with Crippen molar-refractivity contribution < 1.29 is 9.90 Å². The second kappa shape index (κ2) is 6.00. The lowest BCUT2D eigenvalue weighted by molar-refractivity contribution is 0.104. The fraction of sp³-hybridized carbons (Fsp3) is 0.0714. The number of rotatable bonds is 5. The number of aromatic amines is 2. The van der Waals surface area contributed by atoms with Crippen molar-refractivity contribution in [1.29, 1.82) is 0 Å². The number of carbonyl (C=O) groups excluding carboxylic acids is 1. The Morgan fingerprint density at radius 3 is 2.95 bits per heavy atom. The van der Waals surface area contributed by atoms with Crippen LogP contribution in [0.25, 0.3) is 5.76 Å². The Morgan fingerprint density at radius 1 is 1.32 bits per heavy atom. The number of nitrogens with zero attached hydrogens (tertiary/aromatic N) is 4. The van der Waals surface area contributed by atoms with Gasteiger partial charge in [-0.1, -0.05) is 6.07 Å². The number of aliphatic hydroxyl groups excluding tert-OH is 1. The van der Waals surface area contributed by atoms with E-state index in [-0.39, 0.29) is 11.6 Å². The van der Waals surface area contributed by atoms with Crippen molar-refractivity contribution in [2.75, 3.05) is 0 Å². The highest BCUT2D eigenvalue weighted by molar-refractivity contribution is 6.07. The molecular formula is C14H12N6O2. The van der Waals surface area contributed by atoms with Gasteiger partial charge in [-0.2, -0.15) is 10.2 Å². The normalized spacial score (nSPS) is 11.5. The molecule has 8 heteroatoms. The van der Waals surface area contributed by atoms with Crippen LogP contribution in [0.5, 0.6) is 0 Å². The standard InChI is InChI=1S/C14H12N6O2/c21-11(6-12(22)14-16-8-18-20-14)13-9(7-17-19-13)5-10-3-1-2-4-15-10/h1-4,6-8,22H,5H2,(H,17,19)(H,16,18,20). The summed E-state index contributed by atoms with van der Waals surface area (Å²) in [5, 5.41) is 22.5. The number of carbonyl (C=O) groups is 1. The van der Waals surface area contributed by atoms with E-state index in [1.807, 2.05) is 18.2 Å². The van der Waals surface area contributed by atoms with E-state index in [9.17, 15) is 9.90 Å². The van der Waals surface area contributed by atoms with Crippen LogP contribution in [-0.2, 0) is 6.42 Å². The van der Waals surface area contributed by atoms with Gasteiger partial charge in [0.15, 0.2) is 5.76 Å². The minimum atomic E-state index is -0.411. The van der Waals surface area contributed by atoms with Gasteiger partial charge < -0.3 is 5.11 Å². The summed E-state index contributed by atoms with van der Waals surface area (Å²) in [6.45, 7) is 0. The van der Waals surface area contributed by atoms with E-state index >= 15 is 0 Å². The van der Waals surface area contributed by atoms with Crippen molar-refractivity contribution in [1.82, 2.24) is 30.4 Å². The Labute approximate surface area is 125 Å². The number of ketones is 1. The summed E-state index contributed by atoms with van der Waals surface area (Å²) in [4.78, 5) is 20.2. The Kier molecular flexibility index (Phi) is 3.73. The number of hydrogen-bond donors (Lipinski definition) is 3. The molecule has 0 aliphatic rings. The zero-order valence-corrected chi connectivity index (χ0v) is 11.4. The SMILES string of the molecule is O=C(C=C(O)c1nc[nH]n1)c1[nH]ncc1Cc1ccccn1. The molecule has 0 aliphatic heterocycles. The third-order valence-corrected chi connectivity index (χ3v) is 2.97. The van der Waals surface area contributed by atoms with E-state index < -0.39 is 5.78 Å². The first-order valence-corrected chi connectivity index (χ1v) is 6.47. The third kappa shape index (κ3) is 2.90. The number of H-pyrrole nitrogens is 2. The van der Waals surface area contributed by atoms with Crippen LogP contribution in [0.15, 0.2) is 43.0 Å². The van der Waals surface area contributed by atoms with E-state index in [1.165, 1.54) is 6.33 Å². The molecule has 0 saturated heterocycles. The number of allylic oxidation sites excluding steroid dienone is 1. The average molecular weight is 296 g/mol. The number of pyridine rings is 1. The molecule has 0 saturated carbocycles. The van der Waals surface area contributed by atoms with Gasteiger partial charge in [0.1, 0.15) is 12.0 Å². The van der Waals surface area contributed by atoms with Gasteiger partial charge >= 0.3 is 0 Å². The first-order valence-electron chi connectivity index (χ1n) is 6.47. The zero-order valence-electron chi connectivity index (χ0n) is 11.4. The van der Waals surface area contributed by atoms with Gasteiger partial charge in [0, 0.05) is 30.0 Å². The van der Waals surface area contributed by atoms with Gasteiger partial charge in [0.2, 0.25) is 11.6 Å². The van der Waals surface area contributed by atoms with Crippen LogP contribution in [0, 0.1) is 0 Å². The molecule has 0 bridgehead atoms. The quantitative estimate of drug-likeness (QED) is 0.371. The smallest absolute Gasteiger partial charge is 0.215 e. The Hall–Kier alpha value is -3.29. The minimum absolute atomic E-state index is 0.0548. The summed E-state index contributed by atoms with van der Waals surface area (Å²) in [5.41, 5.74) is 1.82. The van der Waals surface area contributed by atoms with Gasteiger partial charge in [-0.05, 0) is 12.1 Å². The molecule has 110 valence electrons. The molecule has 0 amide bonds. The zero-order chi connectivity index (χ0) is 15.4. The molecule has 0 radical (unpaired) electrons. The van der Waals surface area contributed by atoms with Gasteiger partial charge in [0.05, 0.1) is 6.20 Å². The van der Waals surface area contributed by atoms with Crippen LogP contribution in [-0.4, -0.2) is 41.3 Å². The van der Waals surface area contributed by atoms with Crippen LogP contribution in [0.3, 0.4) is 0 Å². The predicted molar refractivity (Wildman–Crippen MR) is 76.9 cm³/mol. The lowest BCUT2D eigenvalue weighted by Gasteiger charge is -2.00. The molecule has 0 atom stereocenters. The summed E-state index contributed by atoms with van der Waals surface area (Å²) in [5.74, 6) is -0.672. The minimum Gasteiger partial charge on any atom is -0.504 e. The highest BCUT2D eigenvalue weighted by atomic mass is 16.3. The molecule has 8 nitrogen and oxygen atoms in total. The lowest BCUT2D eigenvalue weighted by atomic mass is 10.1. The van der Waals surface area contributed by atoms with Crippen molar-refractivity contribution in [2.24, 2.45) is 0 Å².